The number of carbonyl (C=O) groups excluding carboxylic acids is 1. The topological polar surface area (TPSA) is 78.5 Å². The third kappa shape index (κ3) is 4.43. The minimum absolute atomic E-state index is 0. The Bertz CT molecular complexity index is 791. The summed E-state index contributed by atoms with van der Waals surface area (Å²) in [6.45, 7) is 6.21. The van der Waals surface area contributed by atoms with E-state index in [4.69, 9.17) is 11.6 Å². The molecule has 1 aromatic carbocycles. The normalized spacial score (nSPS) is 21.0. The Hall–Kier alpha value is -0.860. The number of anilines is 1. The first-order valence-corrected chi connectivity index (χ1v) is 11.0. The fraction of sp³-hybridized carbons (Fsp3) is 0.611. The van der Waals surface area contributed by atoms with Crippen molar-refractivity contribution in [1.29, 1.82) is 0 Å². The average Bonchev–Trinajstić information content (AvgIpc) is 3.31. The minimum Gasteiger partial charge on any atom is -0.326 e. The van der Waals surface area contributed by atoms with Gasteiger partial charge in [0.05, 0.1) is 5.02 Å². The summed E-state index contributed by atoms with van der Waals surface area (Å²) in [5.41, 5.74) is 0.610. The molecule has 27 heavy (non-hydrogen) atoms. The van der Waals surface area contributed by atoms with Crippen molar-refractivity contribution in [3.8, 4) is 0 Å². The van der Waals surface area contributed by atoms with Crippen LogP contribution in [-0.2, 0) is 14.8 Å². The number of benzene rings is 1. The van der Waals surface area contributed by atoms with E-state index in [9.17, 15) is 13.2 Å². The van der Waals surface area contributed by atoms with Gasteiger partial charge in [0.15, 0.2) is 0 Å². The van der Waals surface area contributed by atoms with Crippen molar-refractivity contribution in [3.63, 3.8) is 0 Å². The van der Waals surface area contributed by atoms with Gasteiger partial charge in [0.25, 0.3) is 0 Å². The van der Waals surface area contributed by atoms with Gasteiger partial charge in [0.1, 0.15) is 4.90 Å². The Morgan fingerprint density at radius 2 is 1.93 bits per heavy atom. The molecule has 9 heteroatoms. The minimum atomic E-state index is -3.68. The molecule has 6 nitrogen and oxygen atoms in total. The van der Waals surface area contributed by atoms with Gasteiger partial charge in [0.2, 0.25) is 15.9 Å². The third-order valence-electron chi connectivity index (χ3n) is 5.63. The number of carbonyl (C=O) groups is 1. The van der Waals surface area contributed by atoms with E-state index >= 15 is 0 Å². The van der Waals surface area contributed by atoms with Gasteiger partial charge in [-0.15, -0.1) is 12.4 Å². The molecular formula is C18H27Cl2N3O3S. The number of halogens is 2. The molecule has 2 aliphatic rings. The number of piperidine rings is 1. The Morgan fingerprint density at radius 3 is 2.52 bits per heavy atom. The molecule has 2 fully saturated rings. The van der Waals surface area contributed by atoms with E-state index in [1.54, 1.807) is 19.9 Å². The van der Waals surface area contributed by atoms with Crippen molar-refractivity contribution in [2.75, 3.05) is 31.5 Å². The maximum absolute atomic E-state index is 12.8. The van der Waals surface area contributed by atoms with Crippen LogP contribution in [0, 0.1) is 11.3 Å². The third-order valence-corrected chi connectivity index (χ3v) is 8.16. The first-order chi connectivity index (χ1) is 12.3. The zero-order chi connectivity index (χ0) is 18.9. The summed E-state index contributed by atoms with van der Waals surface area (Å²) in [4.78, 5) is 12.7. The number of hydrogen-bond donors (Lipinski definition) is 2. The molecule has 152 valence electrons. The Kier molecular flexibility index (Phi) is 7.19. The van der Waals surface area contributed by atoms with Crippen LogP contribution in [0.2, 0.25) is 5.02 Å². The van der Waals surface area contributed by atoms with E-state index in [0.29, 0.717) is 18.8 Å². The molecule has 1 spiro atoms. The molecule has 0 bridgehead atoms. The molecule has 1 aromatic rings. The molecule has 3 rings (SSSR count). The SMILES string of the molecule is CCN(CC)S(=O)(=O)c1cc(NC(=O)C2CC23CCNCC3)ccc1Cl.Cl. The Labute approximate surface area is 172 Å². The molecule has 1 saturated heterocycles. The van der Waals surface area contributed by atoms with E-state index in [-0.39, 0.29) is 39.6 Å². The molecule has 1 unspecified atom stereocenters. The van der Waals surface area contributed by atoms with Crippen LogP contribution in [0.25, 0.3) is 0 Å². The zero-order valence-electron chi connectivity index (χ0n) is 15.6. The van der Waals surface area contributed by atoms with Gasteiger partial charge in [-0.2, -0.15) is 4.31 Å². The van der Waals surface area contributed by atoms with Gasteiger partial charge in [-0.1, -0.05) is 25.4 Å². The highest BCUT2D eigenvalue weighted by Gasteiger charge is 2.57. The second kappa shape index (κ2) is 8.66. The Morgan fingerprint density at radius 1 is 1.30 bits per heavy atom. The lowest BCUT2D eigenvalue weighted by Crippen LogP contribution is -2.32. The van der Waals surface area contributed by atoms with Gasteiger partial charge >= 0.3 is 0 Å². The maximum atomic E-state index is 12.8. The van der Waals surface area contributed by atoms with Crippen LogP contribution in [0.3, 0.4) is 0 Å². The van der Waals surface area contributed by atoms with Gasteiger partial charge < -0.3 is 10.6 Å². The van der Waals surface area contributed by atoms with Crippen molar-refractivity contribution >= 4 is 45.6 Å². The number of nitrogens with one attached hydrogen (secondary N) is 2. The van der Waals surface area contributed by atoms with Gasteiger partial charge in [0, 0.05) is 24.7 Å². The first kappa shape index (κ1) is 22.4. The van der Waals surface area contributed by atoms with Crippen LogP contribution in [0.1, 0.15) is 33.1 Å². The fourth-order valence-electron chi connectivity index (χ4n) is 3.91. The maximum Gasteiger partial charge on any atom is 0.244 e. The molecule has 1 saturated carbocycles. The largest absolute Gasteiger partial charge is 0.326 e. The predicted octanol–water partition coefficient (Wildman–Crippen LogP) is 3.12. The molecule has 1 aliphatic heterocycles. The molecule has 0 radical (unpaired) electrons. The smallest absolute Gasteiger partial charge is 0.244 e. The van der Waals surface area contributed by atoms with E-state index in [1.807, 2.05) is 0 Å². The lowest BCUT2D eigenvalue weighted by Gasteiger charge is -2.23. The molecular weight excluding hydrogens is 409 g/mol. The summed E-state index contributed by atoms with van der Waals surface area (Å²) in [5, 5.41) is 6.38. The van der Waals surface area contributed by atoms with Gasteiger partial charge in [-0.3, -0.25) is 4.79 Å². The summed E-state index contributed by atoms with van der Waals surface area (Å²) in [6, 6.07) is 4.64. The lowest BCUT2D eigenvalue weighted by molar-refractivity contribution is -0.118. The summed E-state index contributed by atoms with van der Waals surface area (Å²) in [7, 11) is -3.68. The summed E-state index contributed by atoms with van der Waals surface area (Å²) < 4.78 is 26.9. The molecule has 1 amide bonds. The number of nitrogens with zero attached hydrogens (tertiary/aromatic N) is 1. The van der Waals surface area contributed by atoms with E-state index in [0.717, 1.165) is 32.4 Å². The van der Waals surface area contributed by atoms with Crippen LogP contribution in [0.5, 0.6) is 0 Å². The zero-order valence-corrected chi connectivity index (χ0v) is 18.0. The standard InChI is InChI=1S/C18H26ClN3O3S.ClH/c1-3-22(4-2)26(24,25)16-11-13(5-6-15(16)19)21-17(23)14-12-18(14)7-9-20-10-8-18;/h5-6,11,14,20H,3-4,7-10,12H2,1-2H3,(H,21,23);1H. The molecule has 2 N–H and O–H groups in total. The number of rotatable bonds is 6. The van der Waals surface area contributed by atoms with Crippen LogP contribution in [0.15, 0.2) is 23.1 Å². The molecule has 1 aliphatic carbocycles. The highest BCUT2D eigenvalue weighted by atomic mass is 35.5. The van der Waals surface area contributed by atoms with Crippen LogP contribution >= 0.6 is 24.0 Å². The van der Waals surface area contributed by atoms with E-state index in [1.165, 1.54) is 16.4 Å². The predicted molar refractivity (Wildman–Crippen MR) is 110 cm³/mol. The fourth-order valence-corrected chi connectivity index (χ4v) is 5.86. The van der Waals surface area contributed by atoms with Crippen LogP contribution < -0.4 is 10.6 Å². The highest BCUT2D eigenvalue weighted by molar-refractivity contribution is 7.89. The van der Waals surface area contributed by atoms with Gasteiger partial charge in [-0.05, 0) is 56.0 Å². The van der Waals surface area contributed by atoms with Crippen molar-refractivity contribution in [1.82, 2.24) is 9.62 Å². The molecule has 1 heterocycles. The van der Waals surface area contributed by atoms with Crippen molar-refractivity contribution < 1.29 is 13.2 Å². The number of amides is 1. The first-order valence-electron chi connectivity index (χ1n) is 9.15. The number of sulfonamides is 1. The second-order valence-electron chi connectivity index (χ2n) is 7.09. The monoisotopic (exact) mass is 435 g/mol. The molecule has 1 atom stereocenters. The van der Waals surface area contributed by atoms with Crippen LogP contribution in [0.4, 0.5) is 5.69 Å². The van der Waals surface area contributed by atoms with E-state index < -0.39 is 10.0 Å². The molecule has 0 aromatic heterocycles. The second-order valence-corrected chi connectivity index (χ2v) is 9.41. The van der Waals surface area contributed by atoms with Crippen molar-refractivity contribution in [2.24, 2.45) is 11.3 Å². The van der Waals surface area contributed by atoms with Crippen molar-refractivity contribution in [3.05, 3.63) is 23.2 Å². The lowest BCUT2D eigenvalue weighted by atomic mass is 9.92. The highest BCUT2D eigenvalue weighted by Crippen LogP contribution is 2.58. The summed E-state index contributed by atoms with van der Waals surface area (Å²) >= 11 is 6.14. The van der Waals surface area contributed by atoms with E-state index in [2.05, 4.69) is 10.6 Å². The number of hydrogen-bond acceptors (Lipinski definition) is 4. The van der Waals surface area contributed by atoms with Crippen LogP contribution in [-0.4, -0.2) is 44.8 Å². The Balaban J connectivity index is 0.00000261. The average molecular weight is 436 g/mol. The van der Waals surface area contributed by atoms with Crippen molar-refractivity contribution in [2.45, 2.75) is 38.0 Å². The quantitative estimate of drug-likeness (QED) is 0.719. The summed E-state index contributed by atoms with van der Waals surface area (Å²) in [6.07, 6.45) is 2.96. The van der Waals surface area contributed by atoms with Gasteiger partial charge in [-0.25, -0.2) is 8.42 Å². The summed E-state index contributed by atoms with van der Waals surface area (Å²) in [5.74, 6) is -0.0106.